The molecule has 0 fully saturated rings. The molecule has 3 heteroatoms. The molecule has 0 unspecified atom stereocenters. The Hall–Kier alpha value is -0.920. The number of isothiocyanates is 1. The van der Waals surface area contributed by atoms with Crippen LogP contribution in [0.2, 0.25) is 0 Å². The zero-order valence-electron chi connectivity index (χ0n) is 6.20. The van der Waals surface area contributed by atoms with Gasteiger partial charge in [0.05, 0.1) is 23.7 Å². The highest BCUT2D eigenvalue weighted by Crippen LogP contribution is 2.17. The van der Waals surface area contributed by atoms with Crippen LogP contribution in [0, 0.1) is 6.42 Å². The molecule has 2 nitrogen and oxygen atoms in total. The van der Waals surface area contributed by atoms with Gasteiger partial charge in [0.1, 0.15) is 0 Å². The van der Waals surface area contributed by atoms with Gasteiger partial charge in [0.2, 0.25) is 0 Å². The van der Waals surface area contributed by atoms with Crippen molar-refractivity contribution in [3.05, 3.63) is 30.0 Å². The zero-order valence-corrected chi connectivity index (χ0v) is 7.02. The molecule has 0 aromatic rings. The number of ether oxygens (including phenoxy) is 1. The van der Waals surface area contributed by atoms with Crippen LogP contribution in [0.25, 0.3) is 0 Å². The largest absolute Gasteiger partial charge is 0.501 e. The summed E-state index contributed by atoms with van der Waals surface area (Å²) in [6.45, 7) is 0. The number of methoxy groups -OCH3 is 1. The summed E-state index contributed by atoms with van der Waals surface area (Å²) in [6, 6.07) is 0. The topological polar surface area (TPSA) is 21.6 Å². The van der Waals surface area contributed by atoms with Crippen LogP contribution in [0.1, 0.15) is 6.42 Å². The lowest BCUT2D eigenvalue weighted by molar-refractivity contribution is 0.296. The van der Waals surface area contributed by atoms with Crippen LogP contribution in [0.15, 0.2) is 28.6 Å². The predicted octanol–water partition coefficient (Wildman–Crippen LogP) is 2.11. The summed E-state index contributed by atoms with van der Waals surface area (Å²) in [7, 11) is 1.64. The van der Waals surface area contributed by atoms with Gasteiger partial charge in [-0.2, -0.15) is 4.99 Å². The monoisotopic (exact) mass is 166 g/mol. The van der Waals surface area contributed by atoms with E-state index in [4.69, 9.17) is 4.74 Å². The number of rotatable bonds is 2. The molecule has 0 saturated heterocycles. The summed E-state index contributed by atoms with van der Waals surface area (Å²) in [6.07, 6.45) is 6.45. The Morgan fingerprint density at radius 1 is 1.64 bits per heavy atom. The Bertz CT molecular complexity index is 249. The summed E-state index contributed by atoms with van der Waals surface area (Å²) in [4.78, 5) is 3.85. The number of hydrogen-bond donors (Lipinski definition) is 0. The van der Waals surface area contributed by atoms with Gasteiger partial charge in [0, 0.05) is 12.8 Å². The highest BCUT2D eigenvalue weighted by Gasteiger charge is 2.04. The average molecular weight is 166 g/mol. The van der Waals surface area contributed by atoms with Crippen molar-refractivity contribution in [1.29, 1.82) is 0 Å². The first-order valence-corrected chi connectivity index (χ1v) is 3.63. The Morgan fingerprint density at radius 3 is 2.91 bits per heavy atom. The molecule has 0 spiro atoms. The second-order valence-corrected chi connectivity index (χ2v) is 2.23. The quantitative estimate of drug-likeness (QED) is 0.463. The van der Waals surface area contributed by atoms with E-state index in [0.29, 0.717) is 0 Å². The van der Waals surface area contributed by atoms with Crippen LogP contribution in [-0.4, -0.2) is 12.3 Å². The molecule has 1 radical (unpaired) electrons. The summed E-state index contributed by atoms with van der Waals surface area (Å²) >= 11 is 4.47. The molecular formula is C8H8NOS. The fourth-order valence-corrected chi connectivity index (χ4v) is 0.930. The fraction of sp³-hybridized carbons (Fsp3) is 0.250. The van der Waals surface area contributed by atoms with Gasteiger partial charge in [0.15, 0.2) is 0 Å². The average Bonchev–Trinajstić information content (AvgIpc) is 2.07. The van der Waals surface area contributed by atoms with E-state index in [2.05, 4.69) is 22.4 Å². The molecule has 1 aliphatic carbocycles. The van der Waals surface area contributed by atoms with Crippen molar-refractivity contribution in [3.63, 3.8) is 0 Å². The van der Waals surface area contributed by atoms with Crippen LogP contribution < -0.4 is 0 Å². The van der Waals surface area contributed by atoms with E-state index in [1.54, 1.807) is 7.11 Å². The minimum absolute atomic E-state index is 0.767. The van der Waals surface area contributed by atoms with Gasteiger partial charge in [-0.05, 0) is 24.4 Å². The molecule has 0 bridgehead atoms. The summed E-state index contributed by atoms with van der Waals surface area (Å²) in [5, 5.41) is 2.32. The molecule has 0 heterocycles. The molecule has 1 aliphatic rings. The summed E-state index contributed by atoms with van der Waals surface area (Å²) in [5.74, 6) is 0.869. The van der Waals surface area contributed by atoms with Crippen molar-refractivity contribution in [3.8, 4) is 0 Å². The van der Waals surface area contributed by atoms with E-state index >= 15 is 0 Å². The third-order valence-corrected chi connectivity index (χ3v) is 1.47. The van der Waals surface area contributed by atoms with Crippen LogP contribution in [0.4, 0.5) is 0 Å². The SMILES string of the molecule is COC1=CC=C(N=C=S)C[CH]1. The van der Waals surface area contributed by atoms with Crippen molar-refractivity contribution < 1.29 is 4.74 Å². The van der Waals surface area contributed by atoms with Crippen LogP contribution >= 0.6 is 12.2 Å². The molecule has 0 aliphatic heterocycles. The number of aliphatic imine (C=N–C) groups is 1. The van der Waals surface area contributed by atoms with Gasteiger partial charge in [-0.3, -0.25) is 0 Å². The first kappa shape index (κ1) is 8.18. The predicted molar refractivity (Wildman–Crippen MR) is 47.1 cm³/mol. The third-order valence-electron chi connectivity index (χ3n) is 1.38. The normalized spacial score (nSPS) is 16.1. The van der Waals surface area contributed by atoms with Gasteiger partial charge in [0.25, 0.3) is 0 Å². The molecule has 0 aromatic heterocycles. The lowest BCUT2D eigenvalue weighted by Gasteiger charge is -2.08. The molecule has 0 amide bonds. The minimum Gasteiger partial charge on any atom is -0.501 e. The highest BCUT2D eigenvalue weighted by molar-refractivity contribution is 7.78. The maximum absolute atomic E-state index is 4.99. The summed E-state index contributed by atoms with van der Waals surface area (Å²) < 4.78 is 4.99. The number of nitrogens with zero attached hydrogens (tertiary/aromatic N) is 1. The van der Waals surface area contributed by atoms with E-state index in [9.17, 15) is 0 Å². The second-order valence-electron chi connectivity index (χ2n) is 2.04. The second kappa shape index (κ2) is 4.06. The number of thiocarbonyl (C=S) groups is 1. The van der Waals surface area contributed by atoms with Crippen molar-refractivity contribution >= 4 is 17.4 Å². The van der Waals surface area contributed by atoms with Crippen LogP contribution in [0.3, 0.4) is 0 Å². The molecule has 1 rings (SSSR count). The Labute approximate surface area is 71.3 Å². The van der Waals surface area contributed by atoms with E-state index in [-0.39, 0.29) is 0 Å². The lowest BCUT2D eigenvalue weighted by atomic mass is 10.1. The van der Waals surface area contributed by atoms with Gasteiger partial charge in [-0.1, -0.05) is 0 Å². The number of allylic oxidation sites excluding steroid dienone is 4. The summed E-state index contributed by atoms with van der Waals surface area (Å²) in [5.41, 5.74) is 0.917. The third kappa shape index (κ3) is 2.30. The molecule has 0 N–H and O–H groups in total. The van der Waals surface area contributed by atoms with E-state index < -0.39 is 0 Å². The smallest absolute Gasteiger partial charge is 0.0998 e. The van der Waals surface area contributed by atoms with Crippen LogP contribution in [-0.2, 0) is 4.74 Å². The molecule has 11 heavy (non-hydrogen) atoms. The molecule has 0 aromatic carbocycles. The molecule has 57 valence electrons. The lowest BCUT2D eigenvalue weighted by Crippen LogP contribution is -1.94. The van der Waals surface area contributed by atoms with Gasteiger partial charge in [-0.25, -0.2) is 0 Å². The number of hydrogen-bond acceptors (Lipinski definition) is 3. The van der Waals surface area contributed by atoms with Crippen LogP contribution in [0.5, 0.6) is 0 Å². The maximum Gasteiger partial charge on any atom is 0.0998 e. The molecular weight excluding hydrogens is 158 g/mol. The first-order valence-electron chi connectivity index (χ1n) is 3.22. The Kier molecular flexibility index (Phi) is 3.02. The molecule has 0 atom stereocenters. The van der Waals surface area contributed by atoms with E-state index in [1.807, 2.05) is 18.6 Å². The van der Waals surface area contributed by atoms with Gasteiger partial charge >= 0.3 is 0 Å². The van der Waals surface area contributed by atoms with Gasteiger partial charge < -0.3 is 4.74 Å². The van der Waals surface area contributed by atoms with E-state index in [1.165, 1.54) is 0 Å². The standard InChI is InChI=1S/C8H8NOS/c1-10-8-4-2-7(3-5-8)9-6-11/h2,4-5H,3H2,1H3. The zero-order chi connectivity index (χ0) is 8.10. The maximum atomic E-state index is 4.99. The van der Waals surface area contributed by atoms with Gasteiger partial charge in [-0.15, -0.1) is 0 Å². The highest BCUT2D eigenvalue weighted by atomic mass is 32.1. The minimum atomic E-state index is 0.767. The van der Waals surface area contributed by atoms with Crippen molar-refractivity contribution in [1.82, 2.24) is 0 Å². The molecule has 0 saturated carbocycles. The Morgan fingerprint density at radius 2 is 2.45 bits per heavy atom. The van der Waals surface area contributed by atoms with Crippen molar-refractivity contribution in [2.45, 2.75) is 6.42 Å². The van der Waals surface area contributed by atoms with E-state index in [0.717, 1.165) is 17.9 Å². The first-order chi connectivity index (χ1) is 5.36. The van der Waals surface area contributed by atoms with Crippen molar-refractivity contribution in [2.24, 2.45) is 4.99 Å². The Balaban J connectivity index is 2.68. The fourth-order valence-electron chi connectivity index (χ4n) is 0.812. The van der Waals surface area contributed by atoms with Crippen molar-refractivity contribution in [2.75, 3.05) is 7.11 Å².